The van der Waals surface area contributed by atoms with Gasteiger partial charge < -0.3 is 15.4 Å². The second-order valence-electron chi connectivity index (χ2n) is 6.92. The van der Waals surface area contributed by atoms with Crippen LogP contribution in [-0.4, -0.2) is 43.0 Å². The van der Waals surface area contributed by atoms with Crippen LogP contribution in [0.5, 0.6) is 5.75 Å². The average molecular weight is 380 g/mol. The molecule has 1 aromatic heterocycles. The fraction of sp³-hybridized carbons (Fsp3) is 0.381. The van der Waals surface area contributed by atoms with Crippen LogP contribution < -0.4 is 15.4 Å². The van der Waals surface area contributed by atoms with Crippen LogP contribution in [-0.2, 0) is 7.05 Å². The van der Waals surface area contributed by atoms with Gasteiger partial charge in [0.05, 0.1) is 19.0 Å². The smallest absolute Gasteiger partial charge is 0.143 e. The molecule has 7 nitrogen and oxygen atoms in total. The van der Waals surface area contributed by atoms with Crippen LogP contribution in [0.4, 0.5) is 11.4 Å². The monoisotopic (exact) mass is 380 g/mol. The Morgan fingerprint density at radius 1 is 1.36 bits per heavy atom. The quantitative estimate of drug-likeness (QED) is 0.472. The largest absolute Gasteiger partial charge is 0.495 e. The Bertz CT molecular complexity index is 890. The topological polar surface area (TPSA) is 81.0 Å². The highest BCUT2D eigenvalue weighted by Crippen LogP contribution is 2.40. The Kier molecular flexibility index (Phi) is 6.13. The molecule has 7 heteroatoms. The lowest BCUT2D eigenvalue weighted by atomic mass is 9.92. The number of methoxy groups -OCH3 is 1. The van der Waals surface area contributed by atoms with Gasteiger partial charge >= 0.3 is 0 Å². The van der Waals surface area contributed by atoms with Crippen molar-refractivity contribution in [1.82, 2.24) is 9.78 Å². The van der Waals surface area contributed by atoms with E-state index in [-0.39, 0.29) is 0 Å². The van der Waals surface area contributed by atoms with Gasteiger partial charge in [0.1, 0.15) is 12.1 Å². The van der Waals surface area contributed by atoms with E-state index >= 15 is 0 Å². The van der Waals surface area contributed by atoms with Gasteiger partial charge in [0.2, 0.25) is 0 Å². The number of nitrogens with zero attached hydrogens (tertiary/aromatic N) is 5. The van der Waals surface area contributed by atoms with Crippen LogP contribution in [0, 0.1) is 5.92 Å². The van der Waals surface area contributed by atoms with Crippen LogP contribution in [0.1, 0.15) is 19.8 Å². The molecule has 2 N–H and O–H groups in total. The summed E-state index contributed by atoms with van der Waals surface area (Å²) in [5, 5.41) is 4.32. The standard InChI is InChI=1S/C21H28N6O/c1-5-19(24-14-23-2)15-6-8-27(9-7-15)20-11-21(28-4)18(22)10-17(20)16-12-25-26(3)13-16/h5,10-15H,2,6-9,22H2,1,3-4H3/b19-5-,24-14-. The number of allylic oxidation sites excluding steroid dienone is 2. The lowest BCUT2D eigenvalue weighted by Gasteiger charge is -2.35. The number of aromatic nitrogens is 2. The maximum Gasteiger partial charge on any atom is 0.143 e. The highest BCUT2D eigenvalue weighted by atomic mass is 16.5. The lowest BCUT2D eigenvalue weighted by Crippen LogP contribution is -2.34. The minimum absolute atomic E-state index is 0.428. The second kappa shape index (κ2) is 8.73. The Morgan fingerprint density at radius 2 is 2.11 bits per heavy atom. The van der Waals surface area contributed by atoms with Crippen LogP contribution in [0.25, 0.3) is 11.1 Å². The normalized spacial score (nSPS) is 16.0. The van der Waals surface area contributed by atoms with E-state index in [1.807, 2.05) is 38.5 Å². The molecule has 0 radical (unpaired) electrons. The predicted octanol–water partition coefficient (Wildman–Crippen LogP) is 3.53. The van der Waals surface area contributed by atoms with E-state index in [4.69, 9.17) is 10.5 Å². The molecular weight excluding hydrogens is 352 g/mol. The summed E-state index contributed by atoms with van der Waals surface area (Å²) < 4.78 is 7.28. The third kappa shape index (κ3) is 4.08. The highest BCUT2D eigenvalue weighted by molar-refractivity contribution is 5.83. The van der Waals surface area contributed by atoms with Crippen LogP contribution in [0.15, 0.2) is 46.3 Å². The third-order valence-corrected chi connectivity index (χ3v) is 5.20. The number of ether oxygens (including phenoxy) is 1. The van der Waals surface area contributed by atoms with Crippen molar-refractivity contribution < 1.29 is 4.74 Å². The summed E-state index contributed by atoms with van der Waals surface area (Å²) in [5.74, 6) is 1.12. The number of nitrogens with two attached hydrogens (primary N) is 1. The SMILES string of the molecule is C=N/C=N\C(=C/C)C1CCN(c2cc(OC)c(N)cc2-c2cnn(C)c2)CC1. The number of nitrogen functional groups attached to an aromatic ring is 1. The van der Waals surface area contributed by atoms with Crippen molar-refractivity contribution in [2.24, 2.45) is 23.0 Å². The van der Waals surface area contributed by atoms with E-state index in [2.05, 4.69) is 32.8 Å². The summed E-state index contributed by atoms with van der Waals surface area (Å²) in [5.41, 5.74) is 11.1. The number of hydrogen-bond acceptors (Lipinski definition) is 5. The first-order valence-electron chi connectivity index (χ1n) is 9.43. The number of aryl methyl sites for hydroxylation is 1. The summed E-state index contributed by atoms with van der Waals surface area (Å²) in [6.07, 6.45) is 9.50. The number of aliphatic imine (C=N–C) groups is 2. The molecule has 0 atom stereocenters. The summed E-state index contributed by atoms with van der Waals surface area (Å²) in [6, 6.07) is 4.02. The molecule has 0 amide bonds. The van der Waals surface area contributed by atoms with Gasteiger partial charge in [-0.05, 0) is 32.5 Å². The van der Waals surface area contributed by atoms with Gasteiger partial charge in [-0.2, -0.15) is 5.10 Å². The molecule has 1 aromatic carbocycles. The van der Waals surface area contributed by atoms with Crippen LogP contribution in [0.2, 0.25) is 0 Å². The second-order valence-corrected chi connectivity index (χ2v) is 6.92. The Balaban J connectivity index is 1.87. The molecule has 2 aromatic rings. The van der Waals surface area contributed by atoms with Gasteiger partial charge in [-0.15, -0.1) is 0 Å². The number of anilines is 2. The van der Waals surface area contributed by atoms with Crippen molar-refractivity contribution in [2.45, 2.75) is 19.8 Å². The molecule has 0 saturated carbocycles. The predicted molar refractivity (Wildman–Crippen MR) is 116 cm³/mol. The Hall–Kier alpha value is -3.09. The van der Waals surface area contributed by atoms with Crippen molar-refractivity contribution in [3.63, 3.8) is 0 Å². The van der Waals surface area contributed by atoms with Gasteiger partial charge in [0.15, 0.2) is 0 Å². The van der Waals surface area contributed by atoms with E-state index < -0.39 is 0 Å². The zero-order valence-electron chi connectivity index (χ0n) is 16.8. The molecule has 1 saturated heterocycles. The molecule has 28 heavy (non-hydrogen) atoms. The molecule has 3 rings (SSSR count). The molecule has 0 bridgehead atoms. The highest BCUT2D eigenvalue weighted by Gasteiger charge is 2.25. The number of benzene rings is 1. The van der Waals surface area contributed by atoms with Crippen molar-refractivity contribution in [3.8, 4) is 16.9 Å². The fourth-order valence-electron chi connectivity index (χ4n) is 3.76. The summed E-state index contributed by atoms with van der Waals surface area (Å²) >= 11 is 0. The van der Waals surface area contributed by atoms with E-state index in [0.29, 0.717) is 17.4 Å². The number of hydrogen-bond donors (Lipinski definition) is 1. The maximum atomic E-state index is 6.19. The van der Waals surface area contributed by atoms with Gasteiger partial charge in [-0.25, -0.2) is 4.99 Å². The summed E-state index contributed by atoms with van der Waals surface area (Å²) in [4.78, 5) is 10.6. The first kappa shape index (κ1) is 19.7. The van der Waals surface area contributed by atoms with Crippen molar-refractivity contribution in [3.05, 3.63) is 36.3 Å². The molecule has 0 spiro atoms. The first-order valence-corrected chi connectivity index (χ1v) is 9.43. The van der Waals surface area contributed by atoms with Crippen LogP contribution >= 0.6 is 0 Å². The number of piperidine rings is 1. The van der Waals surface area contributed by atoms with Gasteiger partial charge in [-0.3, -0.25) is 9.67 Å². The average Bonchev–Trinajstić information content (AvgIpc) is 3.15. The molecular formula is C21H28N6O. The minimum atomic E-state index is 0.428. The van der Waals surface area contributed by atoms with E-state index in [9.17, 15) is 0 Å². The zero-order chi connectivity index (χ0) is 20.1. The van der Waals surface area contributed by atoms with E-state index in [1.165, 1.54) is 6.34 Å². The fourth-order valence-corrected chi connectivity index (χ4v) is 3.76. The molecule has 148 valence electrons. The molecule has 1 fully saturated rings. The van der Waals surface area contributed by atoms with Crippen LogP contribution in [0.3, 0.4) is 0 Å². The molecule has 2 heterocycles. The van der Waals surface area contributed by atoms with Gasteiger partial charge in [-0.1, -0.05) is 6.08 Å². The van der Waals surface area contributed by atoms with Crippen molar-refractivity contribution in [1.29, 1.82) is 0 Å². The molecule has 0 unspecified atom stereocenters. The van der Waals surface area contributed by atoms with Crippen molar-refractivity contribution >= 4 is 24.4 Å². The number of rotatable bonds is 6. The Labute approximate surface area is 166 Å². The van der Waals surface area contributed by atoms with E-state index in [0.717, 1.165) is 48.4 Å². The van der Waals surface area contributed by atoms with Gasteiger partial charge in [0, 0.05) is 60.8 Å². The minimum Gasteiger partial charge on any atom is -0.495 e. The molecule has 1 aliphatic rings. The zero-order valence-corrected chi connectivity index (χ0v) is 16.8. The van der Waals surface area contributed by atoms with Gasteiger partial charge in [0.25, 0.3) is 0 Å². The van der Waals surface area contributed by atoms with E-state index in [1.54, 1.807) is 11.8 Å². The molecule has 1 aliphatic heterocycles. The summed E-state index contributed by atoms with van der Waals surface area (Å²) in [6.45, 7) is 7.34. The maximum absolute atomic E-state index is 6.19. The molecule has 0 aliphatic carbocycles. The van der Waals surface area contributed by atoms with Crippen molar-refractivity contribution in [2.75, 3.05) is 30.8 Å². The first-order chi connectivity index (χ1) is 13.6. The third-order valence-electron chi connectivity index (χ3n) is 5.20. The lowest BCUT2D eigenvalue weighted by molar-refractivity contribution is 0.416. The Morgan fingerprint density at radius 3 is 2.68 bits per heavy atom. The summed E-state index contributed by atoms with van der Waals surface area (Å²) in [7, 11) is 3.56.